The first-order chi connectivity index (χ1) is 38.9. The maximum Gasteiger partial charge on any atom is 6.00 e. The molecule has 0 spiro atoms. The molecule has 0 radical (unpaired) electrons. The maximum absolute atomic E-state index is 11.9. The van der Waals surface area contributed by atoms with Crippen LogP contribution in [0.2, 0.25) is 0 Å². The van der Waals surface area contributed by atoms with Gasteiger partial charge in [0.2, 0.25) is 0 Å². The number of rotatable bonds is 48. The van der Waals surface area contributed by atoms with Gasteiger partial charge in [-0.1, -0.05) is 323 Å². The third-order valence-corrected chi connectivity index (χ3v) is 17.7. The molecule has 0 N–H and O–H groups in total. The smallest absolute Gasteiger partial charge is 0.809 e. The second kappa shape index (κ2) is 53.5. The minimum atomic E-state index is -3.37. The van der Waals surface area contributed by atoms with Crippen molar-refractivity contribution >= 4 is 89.2 Å². The van der Waals surface area contributed by atoms with E-state index in [2.05, 4.69) is 59.7 Å². The number of hydrogen-bond donors (Lipinski definition) is 0. The topological polar surface area (TPSA) is 96.9 Å². The Kier molecular flexibility index (Phi) is 53.9. The molecular formula is C66H111MoO6P3S6. The van der Waals surface area contributed by atoms with Crippen LogP contribution in [-0.4, -0.2) is 0 Å². The Labute approximate surface area is 550 Å². The largest absolute Gasteiger partial charge is 6.00 e. The Bertz CT molecular complexity index is 1920. The molecule has 0 bridgehead atoms. The van der Waals surface area contributed by atoms with Gasteiger partial charge in [0.25, 0.3) is 0 Å². The Hall–Kier alpha value is 0.628. The van der Waals surface area contributed by atoms with Crippen LogP contribution in [0.1, 0.15) is 306 Å². The van der Waals surface area contributed by atoms with Gasteiger partial charge < -0.3 is 65.0 Å². The molecule has 3 aromatic carbocycles. The van der Waals surface area contributed by atoms with Crippen LogP contribution >= 0.6 is 17.1 Å². The zero-order chi connectivity index (χ0) is 59.9. The van der Waals surface area contributed by atoms with Crippen LogP contribution in [-0.2, 0) is 132 Å². The summed E-state index contributed by atoms with van der Waals surface area (Å²) in [5.41, 5.74) is -2.62. The zero-order valence-corrected chi connectivity index (χ0v) is 61.6. The number of aryl methyl sites for hydroxylation is 3. The van der Waals surface area contributed by atoms with E-state index in [4.69, 9.17) is 85.7 Å². The van der Waals surface area contributed by atoms with Crippen molar-refractivity contribution < 1.29 is 49.3 Å². The molecule has 3 rings (SSSR count). The zero-order valence-electron chi connectivity index (χ0n) is 52.0. The van der Waals surface area contributed by atoms with Crippen molar-refractivity contribution in [2.75, 3.05) is 0 Å². The summed E-state index contributed by atoms with van der Waals surface area (Å²) in [6.45, 7) is 13.5. The van der Waals surface area contributed by atoms with Crippen LogP contribution in [0.15, 0.2) is 54.6 Å². The quantitative estimate of drug-likeness (QED) is 0.0233. The van der Waals surface area contributed by atoms with Gasteiger partial charge in [-0.05, 0) is 129 Å². The molecule has 82 heavy (non-hydrogen) atoms. The summed E-state index contributed by atoms with van der Waals surface area (Å²) in [6.07, 6.45) is 51.8. The van der Waals surface area contributed by atoms with Crippen molar-refractivity contribution in [1.29, 1.82) is 0 Å². The van der Waals surface area contributed by atoms with Gasteiger partial charge in [0.15, 0.2) is 0 Å². The van der Waals surface area contributed by atoms with Crippen LogP contribution in [0.3, 0.4) is 0 Å². The van der Waals surface area contributed by atoms with E-state index in [0.717, 1.165) is 57.8 Å². The average Bonchev–Trinajstić information content (AvgIpc) is 3.43. The van der Waals surface area contributed by atoms with Crippen LogP contribution in [0.5, 0.6) is 17.2 Å². The molecule has 3 atom stereocenters. The second-order valence-electron chi connectivity index (χ2n) is 22.4. The predicted octanol–water partition coefficient (Wildman–Crippen LogP) is 21.0. The molecule has 0 heterocycles. The first-order valence-corrected chi connectivity index (χ1v) is 43.4. The Balaban J connectivity index is 0.00000119. The fourth-order valence-corrected chi connectivity index (χ4v) is 13.2. The van der Waals surface area contributed by atoms with Crippen molar-refractivity contribution in [1.82, 2.24) is 0 Å². The van der Waals surface area contributed by atoms with Gasteiger partial charge in [-0.2, -0.15) is 0 Å². The summed E-state index contributed by atoms with van der Waals surface area (Å²) < 4.78 is 16.5. The van der Waals surface area contributed by atoms with Gasteiger partial charge in [0.05, 0.1) is 0 Å². The molecule has 0 aliphatic carbocycles. The SMILES string of the molecule is CCCCCCCCc1cccc(OP([O-])(=S)[S-])c1CCCCCCCC.CCCCCCCCc1cccc(OP([O-])(=S)[S-])c1CCCCCCCC.CCCCCCCCc1cccc(OP([O-])(=S)[S-])c1CCCCCCCC.[Mo+6]. The van der Waals surface area contributed by atoms with E-state index in [1.54, 1.807) is 0 Å². The minimum Gasteiger partial charge on any atom is -0.809 e. The van der Waals surface area contributed by atoms with Crippen LogP contribution in [0, 0.1) is 0 Å². The van der Waals surface area contributed by atoms with Gasteiger partial charge in [0.1, 0.15) is 17.2 Å². The second-order valence-corrected chi connectivity index (χ2v) is 36.4. The Morgan fingerprint density at radius 1 is 0.293 bits per heavy atom. The van der Waals surface area contributed by atoms with Gasteiger partial charge in [-0.3, -0.25) is 0 Å². The van der Waals surface area contributed by atoms with E-state index in [1.807, 2.05) is 36.4 Å². The normalized spacial score (nSPS) is 13.3. The molecule has 3 unspecified atom stereocenters. The van der Waals surface area contributed by atoms with Gasteiger partial charge in [-0.15, -0.1) is 0 Å². The summed E-state index contributed by atoms with van der Waals surface area (Å²) in [6, 6.07) is 18.1. The molecule has 0 saturated carbocycles. The van der Waals surface area contributed by atoms with Crippen LogP contribution in [0.4, 0.5) is 0 Å². The maximum atomic E-state index is 11.9. The van der Waals surface area contributed by atoms with Crippen molar-refractivity contribution in [3.63, 3.8) is 0 Å². The first-order valence-electron chi connectivity index (χ1n) is 32.4. The summed E-state index contributed by atoms with van der Waals surface area (Å²) in [4.78, 5) is 35.6. The van der Waals surface area contributed by atoms with Crippen LogP contribution in [0.25, 0.3) is 0 Å². The molecule has 16 heteroatoms. The van der Waals surface area contributed by atoms with E-state index < -0.39 is 17.1 Å². The Morgan fingerprint density at radius 2 is 0.463 bits per heavy atom. The van der Waals surface area contributed by atoms with Crippen molar-refractivity contribution in [3.05, 3.63) is 88.0 Å². The number of hydrogen-bond acceptors (Lipinski definition) is 12. The standard InChI is InChI=1S/3C22H39O2PS2.Mo/c3*1-3-5-7-9-11-13-16-20-17-15-19-22(24-25(23,26)27)21(20)18-14-12-10-8-6-4-2;/h3*15,17,19H,3-14,16,18H2,1-2H3,(H2,23,26,27);/q;;;+6/p-6. The van der Waals surface area contributed by atoms with Gasteiger partial charge in [-0.25, -0.2) is 0 Å². The summed E-state index contributed by atoms with van der Waals surface area (Å²) >= 11 is 29.1. The first kappa shape index (κ1) is 82.6. The fraction of sp³-hybridized carbons (Fsp3) is 0.727. The molecule has 0 aliphatic rings. The van der Waals surface area contributed by atoms with Crippen molar-refractivity contribution in [3.8, 4) is 17.2 Å². The van der Waals surface area contributed by atoms with E-state index in [0.29, 0.717) is 17.2 Å². The molecular weight excluding hydrogens is 1270 g/mol. The Morgan fingerprint density at radius 3 is 0.646 bits per heavy atom. The molecule has 468 valence electrons. The van der Waals surface area contributed by atoms with Gasteiger partial charge in [0, 0.05) is 0 Å². The van der Waals surface area contributed by atoms with E-state index in [-0.39, 0.29) is 21.1 Å². The average molecular weight is 1380 g/mol. The fourth-order valence-electron chi connectivity index (χ4n) is 10.5. The van der Waals surface area contributed by atoms with E-state index >= 15 is 0 Å². The monoisotopic (exact) mass is 1380 g/mol. The summed E-state index contributed by atoms with van der Waals surface area (Å²) in [7, 11) is 0. The number of benzene rings is 3. The van der Waals surface area contributed by atoms with Crippen molar-refractivity contribution in [2.24, 2.45) is 0 Å². The van der Waals surface area contributed by atoms with Crippen LogP contribution < -0.4 is 28.3 Å². The predicted molar refractivity (Wildman–Crippen MR) is 369 cm³/mol. The molecule has 0 fully saturated rings. The third-order valence-electron chi connectivity index (χ3n) is 15.1. The molecule has 0 saturated heterocycles. The molecule has 0 aromatic heterocycles. The van der Waals surface area contributed by atoms with E-state index in [1.165, 1.54) is 245 Å². The summed E-state index contributed by atoms with van der Waals surface area (Å²) in [5, 5.41) is 0. The van der Waals surface area contributed by atoms with E-state index in [9.17, 15) is 14.7 Å². The third kappa shape index (κ3) is 45.8. The summed E-state index contributed by atoms with van der Waals surface area (Å²) in [5.74, 6) is 1.96. The van der Waals surface area contributed by atoms with Gasteiger partial charge >= 0.3 is 21.1 Å². The van der Waals surface area contributed by atoms with Crippen molar-refractivity contribution in [2.45, 2.75) is 311 Å². The molecule has 6 nitrogen and oxygen atoms in total. The molecule has 0 amide bonds. The minimum absolute atomic E-state index is 0. The molecule has 3 aromatic rings. The number of unbranched alkanes of at least 4 members (excludes halogenated alkanes) is 30. The molecule has 0 aliphatic heterocycles.